The quantitative estimate of drug-likeness (QED) is 0.141. The Morgan fingerprint density at radius 3 is 1.36 bits per heavy atom. The van der Waals surface area contributed by atoms with Crippen LogP contribution in [0.25, 0.3) is 99.5 Å². The molecule has 0 radical (unpaired) electrons. The summed E-state index contributed by atoms with van der Waals surface area (Å²) >= 11 is 0. The van der Waals surface area contributed by atoms with Crippen molar-refractivity contribution in [3.63, 3.8) is 0 Å². The van der Waals surface area contributed by atoms with E-state index in [-0.39, 0.29) is 6.04 Å². The Morgan fingerprint density at radius 2 is 0.754 bits per heavy atom. The van der Waals surface area contributed by atoms with Crippen LogP contribution in [-0.4, -0.2) is 15.2 Å². The second-order valence-electron chi connectivity index (χ2n) is 18.1. The number of hydrogen-bond acceptors (Lipinski definition) is 1. The van der Waals surface area contributed by atoms with Gasteiger partial charge in [-0.15, -0.1) is 0 Å². The SMILES string of the molecule is C1=CCC(N(c2ccccc2)c2ccc(-n3c4ccccc4c4ccc(-c5ccc6c(c5)c5ccccc5n6-c5ccc(-c6cc(-c7ccccc7)cc(-c7ccccc7)c6)cc5)cc43)cc2)C=C1. The van der Waals surface area contributed by atoms with Crippen molar-refractivity contribution in [2.24, 2.45) is 0 Å². The molecule has 0 aliphatic heterocycles. The fourth-order valence-electron chi connectivity index (χ4n) is 10.7. The molecule has 0 fully saturated rings. The van der Waals surface area contributed by atoms with E-state index in [9.17, 15) is 0 Å². The molecule has 12 aromatic rings. The van der Waals surface area contributed by atoms with Gasteiger partial charge < -0.3 is 14.0 Å². The van der Waals surface area contributed by atoms with Gasteiger partial charge in [-0.05, 0) is 148 Å². The number of benzene rings is 10. The number of fused-ring (bicyclic) bond motifs is 6. The van der Waals surface area contributed by atoms with Crippen LogP contribution in [0.3, 0.4) is 0 Å². The topological polar surface area (TPSA) is 13.1 Å². The van der Waals surface area contributed by atoms with E-state index in [0.29, 0.717) is 0 Å². The molecule has 1 unspecified atom stereocenters. The number of rotatable bonds is 9. The van der Waals surface area contributed by atoms with Crippen LogP contribution in [0, 0.1) is 0 Å². The van der Waals surface area contributed by atoms with E-state index in [2.05, 4.69) is 281 Å². The van der Waals surface area contributed by atoms with E-state index in [1.807, 2.05) is 0 Å². The zero-order valence-electron chi connectivity index (χ0n) is 38.0. The van der Waals surface area contributed by atoms with Gasteiger partial charge in [0, 0.05) is 44.3 Å². The largest absolute Gasteiger partial charge is 0.334 e. The standard InChI is InChI=1S/C66H47N3/c1-5-17-46(18-6-1)51-41-52(47-19-7-2-8-20-47)43-53(42-51)48-29-33-57(34-30-48)68-64-28-16-14-26-60(64)62-44-49(32-40-65(62)68)50-31-39-61-59-25-13-15-27-63(59)69(66(61)45-50)58-37-35-56(36-38-58)67(54-21-9-3-10-22-54)55-23-11-4-12-24-55/h1-23,25-45,55H,24H2. The summed E-state index contributed by atoms with van der Waals surface area (Å²) in [5, 5.41) is 4.96. The van der Waals surface area contributed by atoms with Gasteiger partial charge in [0.1, 0.15) is 0 Å². The minimum absolute atomic E-state index is 0.244. The molecular formula is C66H47N3. The fraction of sp³-hybridized carbons (Fsp3) is 0.0303. The molecule has 69 heavy (non-hydrogen) atoms. The van der Waals surface area contributed by atoms with E-state index in [4.69, 9.17) is 0 Å². The van der Waals surface area contributed by atoms with Crippen LogP contribution in [-0.2, 0) is 0 Å². The van der Waals surface area contributed by atoms with E-state index in [1.165, 1.54) is 99.5 Å². The molecule has 326 valence electrons. The molecule has 2 aromatic heterocycles. The van der Waals surface area contributed by atoms with Gasteiger partial charge in [-0.3, -0.25) is 0 Å². The van der Waals surface area contributed by atoms with Gasteiger partial charge >= 0.3 is 0 Å². The summed E-state index contributed by atoms with van der Waals surface area (Å²) in [5.41, 5.74) is 19.0. The molecular weight excluding hydrogens is 835 g/mol. The van der Waals surface area contributed by atoms with Crippen molar-refractivity contribution < 1.29 is 0 Å². The Hall–Kier alpha value is -8.92. The lowest BCUT2D eigenvalue weighted by Crippen LogP contribution is -2.29. The lowest BCUT2D eigenvalue weighted by atomic mass is 9.93. The smallest absolute Gasteiger partial charge is 0.0559 e. The highest BCUT2D eigenvalue weighted by atomic mass is 15.2. The van der Waals surface area contributed by atoms with Crippen molar-refractivity contribution in [2.75, 3.05) is 4.90 Å². The maximum Gasteiger partial charge on any atom is 0.0559 e. The van der Waals surface area contributed by atoms with Gasteiger partial charge in [-0.25, -0.2) is 0 Å². The van der Waals surface area contributed by atoms with Crippen molar-refractivity contribution in [3.05, 3.63) is 267 Å². The monoisotopic (exact) mass is 881 g/mol. The van der Waals surface area contributed by atoms with Crippen molar-refractivity contribution in [2.45, 2.75) is 12.5 Å². The van der Waals surface area contributed by atoms with Crippen LogP contribution in [0.15, 0.2) is 267 Å². The average molecular weight is 882 g/mol. The molecule has 1 atom stereocenters. The number of allylic oxidation sites excluding steroid dienone is 2. The highest BCUT2D eigenvalue weighted by Gasteiger charge is 2.21. The lowest BCUT2D eigenvalue weighted by Gasteiger charge is -2.32. The van der Waals surface area contributed by atoms with Crippen molar-refractivity contribution in [3.8, 4) is 55.9 Å². The molecule has 0 spiro atoms. The number of para-hydroxylation sites is 3. The number of hydrogen-bond donors (Lipinski definition) is 0. The molecule has 0 bridgehead atoms. The van der Waals surface area contributed by atoms with Crippen LogP contribution < -0.4 is 4.90 Å². The maximum absolute atomic E-state index is 2.45. The van der Waals surface area contributed by atoms with Gasteiger partial charge in [0.2, 0.25) is 0 Å². The summed E-state index contributed by atoms with van der Waals surface area (Å²) in [7, 11) is 0. The average Bonchev–Trinajstić information content (AvgIpc) is 3.94. The summed E-state index contributed by atoms with van der Waals surface area (Å²) < 4.78 is 4.85. The van der Waals surface area contributed by atoms with Crippen LogP contribution in [0.1, 0.15) is 6.42 Å². The predicted octanol–water partition coefficient (Wildman–Crippen LogP) is 17.6. The zero-order chi connectivity index (χ0) is 45.7. The second kappa shape index (κ2) is 17.1. The number of aromatic nitrogens is 2. The Labute approximate surface area is 402 Å². The lowest BCUT2D eigenvalue weighted by molar-refractivity contribution is 0.785. The summed E-state index contributed by atoms with van der Waals surface area (Å²) in [6, 6.07) is 89.1. The summed E-state index contributed by atoms with van der Waals surface area (Å²) in [6.45, 7) is 0. The van der Waals surface area contributed by atoms with E-state index < -0.39 is 0 Å². The van der Waals surface area contributed by atoms with Gasteiger partial charge in [-0.2, -0.15) is 0 Å². The van der Waals surface area contributed by atoms with Crippen molar-refractivity contribution in [1.29, 1.82) is 0 Å². The highest BCUT2D eigenvalue weighted by molar-refractivity contribution is 6.12. The molecule has 1 aliphatic rings. The third-order valence-electron chi connectivity index (χ3n) is 14.0. The third kappa shape index (κ3) is 7.24. The van der Waals surface area contributed by atoms with Crippen LogP contribution in [0.5, 0.6) is 0 Å². The Balaban J connectivity index is 0.878. The molecule has 3 heteroatoms. The van der Waals surface area contributed by atoms with E-state index in [1.54, 1.807) is 0 Å². The third-order valence-corrected chi connectivity index (χ3v) is 14.0. The summed E-state index contributed by atoms with van der Waals surface area (Å²) in [5.74, 6) is 0. The Morgan fingerprint density at radius 1 is 0.304 bits per heavy atom. The first kappa shape index (κ1) is 40.4. The predicted molar refractivity (Wildman–Crippen MR) is 292 cm³/mol. The minimum Gasteiger partial charge on any atom is -0.334 e. The molecule has 2 heterocycles. The fourth-order valence-corrected chi connectivity index (χ4v) is 10.7. The van der Waals surface area contributed by atoms with Crippen LogP contribution in [0.4, 0.5) is 11.4 Å². The normalized spacial score (nSPS) is 13.5. The number of nitrogens with zero attached hydrogens (tertiary/aromatic N) is 3. The van der Waals surface area contributed by atoms with Crippen molar-refractivity contribution in [1.82, 2.24) is 9.13 Å². The Bertz CT molecular complexity index is 3840. The summed E-state index contributed by atoms with van der Waals surface area (Å²) in [6.07, 6.45) is 9.83. The van der Waals surface area contributed by atoms with Gasteiger partial charge in [0.15, 0.2) is 0 Å². The maximum atomic E-state index is 2.45. The molecule has 10 aromatic carbocycles. The second-order valence-corrected chi connectivity index (χ2v) is 18.1. The molecule has 13 rings (SSSR count). The number of anilines is 2. The highest BCUT2D eigenvalue weighted by Crippen LogP contribution is 2.40. The molecule has 0 saturated carbocycles. The van der Waals surface area contributed by atoms with Gasteiger partial charge in [0.25, 0.3) is 0 Å². The molecule has 0 saturated heterocycles. The molecule has 3 nitrogen and oxygen atoms in total. The first-order chi connectivity index (χ1) is 34.2. The molecule has 1 aliphatic carbocycles. The Kier molecular flexibility index (Phi) is 9.98. The first-order valence-electron chi connectivity index (χ1n) is 23.9. The van der Waals surface area contributed by atoms with Crippen LogP contribution in [0.2, 0.25) is 0 Å². The summed E-state index contributed by atoms with van der Waals surface area (Å²) in [4.78, 5) is 2.45. The van der Waals surface area contributed by atoms with E-state index in [0.717, 1.165) is 17.8 Å². The minimum atomic E-state index is 0.244. The first-order valence-corrected chi connectivity index (χ1v) is 23.9. The van der Waals surface area contributed by atoms with Crippen LogP contribution >= 0.6 is 0 Å². The van der Waals surface area contributed by atoms with Gasteiger partial charge in [0.05, 0.1) is 28.1 Å². The molecule has 0 amide bonds. The zero-order valence-corrected chi connectivity index (χ0v) is 38.0. The van der Waals surface area contributed by atoms with Crippen molar-refractivity contribution >= 4 is 55.0 Å². The van der Waals surface area contributed by atoms with Gasteiger partial charge in [-0.1, -0.05) is 170 Å². The van der Waals surface area contributed by atoms with E-state index >= 15 is 0 Å². The molecule has 0 N–H and O–H groups in total.